The van der Waals surface area contributed by atoms with Crippen molar-refractivity contribution >= 4 is 23.3 Å². The summed E-state index contributed by atoms with van der Waals surface area (Å²) in [5.41, 5.74) is 1.46. The van der Waals surface area contributed by atoms with Gasteiger partial charge in [0.1, 0.15) is 0 Å². The lowest BCUT2D eigenvalue weighted by Crippen LogP contribution is -2.05. The fraction of sp³-hybridized carbons (Fsp3) is 0.211. The Labute approximate surface area is 147 Å². The van der Waals surface area contributed by atoms with E-state index < -0.39 is 17.7 Å². The molecule has 0 N–H and O–H groups in total. The topological polar surface area (TPSA) is 26.3 Å². The van der Waals surface area contributed by atoms with Gasteiger partial charge in [0.05, 0.1) is 18.2 Å². The molecule has 0 aliphatic heterocycles. The van der Waals surface area contributed by atoms with Gasteiger partial charge in [0.15, 0.2) is 0 Å². The molecule has 0 radical (unpaired) electrons. The van der Waals surface area contributed by atoms with Crippen molar-refractivity contribution in [2.24, 2.45) is 0 Å². The summed E-state index contributed by atoms with van der Waals surface area (Å²) in [7, 11) is 1.30. The van der Waals surface area contributed by atoms with Crippen LogP contribution in [-0.4, -0.2) is 13.1 Å². The zero-order chi connectivity index (χ0) is 18.2. The van der Waals surface area contributed by atoms with Gasteiger partial charge in [-0.2, -0.15) is 13.2 Å². The van der Waals surface area contributed by atoms with Gasteiger partial charge in [0.2, 0.25) is 0 Å². The van der Waals surface area contributed by atoms with E-state index in [4.69, 9.17) is 4.74 Å². The van der Waals surface area contributed by atoms with E-state index in [9.17, 15) is 18.0 Å². The highest BCUT2D eigenvalue weighted by Crippen LogP contribution is 2.49. The number of ether oxygens (including phenoxy) is 1. The summed E-state index contributed by atoms with van der Waals surface area (Å²) < 4.78 is 43.7. The smallest absolute Gasteiger partial charge is 0.416 e. The van der Waals surface area contributed by atoms with Crippen molar-refractivity contribution in [3.8, 4) is 0 Å². The minimum atomic E-state index is -4.40. The van der Waals surface area contributed by atoms with Gasteiger partial charge in [-0.15, -0.1) is 0 Å². The van der Waals surface area contributed by atoms with Crippen molar-refractivity contribution in [1.29, 1.82) is 0 Å². The molecule has 0 heterocycles. The normalized spacial score (nSPS) is 16.8. The van der Waals surface area contributed by atoms with Crippen molar-refractivity contribution in [3.05, 3.63) is 70.1 Å². The predicted molar refractivity (Wildman–Crippen MR) is 91.1 cm³/mol. The maximum atomic E-state index is 12.9. The number of benzene rings is 2. The molecule has 6 heteroatoms. The molecule has 130 valence electrons. The largest absolute Gasteiger partial charge is 0.465 e. The van der Waals surface area contributed by atoms with E-state index in [1.807, 2.05) is 31.2 Å². The van der Waals surface area contributed by atoms with Crippen LogP contribution in [0.2, 0.25) is 0 Å². The summed E-state index contributed by atoms with van der Waals surface area (Å²) in [4.78, 5) is 13.4. The van der Waals surface area contributed by atoms with E-state index in [2.05, 4.69) is 0 Å². The van der Waals surface area contributed by atoms with E-state index in [0.29, 0.717) is 15.4 Å². The van der Waals surface area contributed by atoms with Crippen molar-refractivity contribution in [1.82, 2.24) is 0 Å². The van der Waals surface area contributed by atoms with E-state index in [0.717, 1.165) is 23.3 Å². The SMILES string of the molecule is COC(=O)C1=C(Sc2cccc(C(F)(F)F)c2)C(C)c2ccccc21. The first-order chi connectivity index (χ1) is 11.8. The van der Waals surface area contributed by atoms with E-state index in [1.54, 1.807) is 6.07 Å². The van der Waals surface area contributed by atoms with Gasteiger partial charge < -0.3 is 4.74 Å². The second-order valence-electron chi connectivity index (χ2n) is 5.67. The first-order valence-corrected chi connectivity index (χ1v) is 8.41. The lowest BCUT2D eigenvalue weighted by atomic mass is 10.0. The number of esters is 1. The molecule has 0 amide bonds. The number of carbonyl (C=O) groups excluding carboxylic acids is 1. The number of methoxy groups -OCH3 is 1. The average molecular weight is 364 g/mol. The molecule has 1 aliphatic rings. The second kappa shape index (κ2) is 6.59. The van der Waals surface area contributed by atoms with Crippen LogP contribution in [-0.2, 0) is 15.7 Å². The van der Waals surface area contributed by atoms with Crippen LogP contribution >= 0.6 is 11.8 Å². The highest BCUT2D eigenvalue weighted by atomic mass is 32.2. The van der Waals surface area contributed by atoms with Gasteiger partial charge in [0, 0.05) is 15.7 Å². The molecule has 1 atom stereocenters. The van der Waals surface area contributed by atoms with Crippen LogP contribution in [0.15, 0.2) is 58.3 Å². The van der Waals surface area contributed by atoms with E-state index in [1.165, 1.54) is 24.9 Å². The predicted octanol–water partition coefficient (Wildman–Crippen LogP) is 5.50. The molecule has 25 heavy (non-hydrogen) atoms. The molecule has 0 aromatic heterocycles. The number of thioether (sulfide) groups is 1. The summed E-state index contributed by atoms with van der Waals surface area (Å²) in [5, 5.41) is 0. The Morgan fingerprint density at radius 3 is 2.52 bits per heavy atom. The van der Waals surface area contributed by atoms with Gasteiger partial charge >= 0.3 is 12.1 Å². The van der Waals surface area contributed by atoms with Crippen LogP contribution in [0, 0.1) is 0 Å². The Balaban J connectivity index is 2.05. The maximum absolute atomic E-state index is 12.9. The molecular weight excluding hydrogens is 349 g/mol. The summed E-state index contributed by atoms with van der Waals surface area (Å²) in [6.45, 7) is 1.94. The molecular formula is C19H15F3O2S. The van der Waals surface area contributed by atoms with E-state index in [-0.39, 0.29) is 5.92 Å². The average Bonchev–Trinajstić information content (AvgIpc) is 2.86. The Hall–Kier alpha value is -2.21. The number of hydrogen-bond donors (Lipinski definition) is 0. The van der Waals surface area contributed by atoms with E-state index >= 15 is 0 Å². The number of alkyl halides is 3. The van der Waals surface area contributed by atoms with Crippen molar-refractivity contribution in [3.63, 3.8) is 0 Å². The highest BCUT2D eigenvalue weighted by Gasteiger charge is 2.34. The second-order valence-corrected chi connectivity index (χ2v) is 6.78. The molecule has 3 rings (SSSR count). The van der Waals surface area contributed by atoms with Gasteiger partial charge in [-0.1, -0.05) is 49.0 Å². The lowest BCUT2D eigenvalue weighted by Gasteiger charge is -2.13. The Kier molecular flexibility index (Phi) is 4.64. The third-order valence-electron chi connectivity index (χ3n) is 4.12. The Bertz CT molecular complexity index is 856. The van der Waals surface area contributed by atoms with Crippen LogP contribution in [0.1, 0.15) is 29.5 Å². The molecule has 0 spiro atoms. The van der Waals surface area contributed by atoms with Gasteiger partial charge in [-0.25, -0.2) is 4.79 Å². The van der Waals surface area contributed by atoms with Gasteiger partial charge in [0.25, 0.3) is 0 Å². The first-order valence-electron chi connectivity index (χ1n) is 7.60. The zero-order valence-corrected chi connectivity index (χ0v) is 14.4. The molecule has 2 aromatic carbocycles. The van der Waals surface area contributed by atoms with Crippen LogP contribution in [0.4, 0.5) is 13.2 Å². The molecule has 2 aromatic rings. The summed E-state index contributed by atoms with van der Waals surface area (Å²) in [6.07, 6.45) is -4.40. The number of halogens is 3. The number of carbonyl (C=O) groups is 1. The zero-order valence-electron chi connectivity index (χ0n) is 13.6. The van der Waals surface area contributed by atoms with Gasteiger partial charge in [-0.3, -0.25) is 0 Å². The third-order valence-corrected chi connectivity index (χ3v) is 5.38. The number of allylic oxidation sites excluding steroid dienone is 1. The Morgan fingerprint density at radius 2 is 1.84 bits per heavy atom. The van der Waals surface area contributed by atoms with Crippen molar-refractivity contribution < 1.29 is 22.7 Å². The maximum Gasteiger partial charge on any atom is 0.416 e. The van der Waals surface area contributed by atoms with Crippen LogP contribution in [0.5, 0.6) is 0 Å². The molecule has 1 aliphatic carbocycles. The molecule has 0 fully saturated rings. The lowest BCUT2D eigenvalue weighted by molar-refractivity contribution is -0.137. The first kappa shape index (κ1) is 17.6. The number of rotatable bonds is 3. The fourth-order valence-electron chi connectivity index (χ4n) is 2.91. The van der Waals surface area contributed by atoms with Crippen LogP contribution in [0.3, 0.4) is 0 Å². The Morgan fingerprint density at radius 1 is 1.12 bits per heavy atom. The fourth-order valence-corrected chi connectivity index (χ4v) is 4.09. The number of fused-ring (bicyclic) bond motifs is 1. The minimum Gasteiger partial charge on any atom is -0.465 e. The molecule has 0 saturated carbocycles. The summed E-state index contributed by atoms with van der Waals surface area (Å²) in [5.74, 6) is -0.573. The monoisotopic (exact) mass is 364 g/mol. The van der Waals surface area contributed by atoms with Crippen LogP contribution < -0.4 is 0 Å². The minimum absolute atomic E-state index is 0.0927. The highest BCUT2D eigenvalue weighted by molar-refractivity contribution is 8.03. The molecule has 0 bridgehead atoms. The van der Waals surface area contributed by atoms with Crippen molar-refractivity contribution in [2.75, 3.05) is 7.11 Å². The van der Waals surface area contributed by atoms with Crippen molar-refractivity contribution in [2.45, 2.75) is 23.9 Å². The summed E-state index contributed by atoms with van der Waals surface area (Å²) in [6, 6.07) is 12.6. The molecule has 2 nitrogen and oxygen atoms in total. The van der Waals surface area contributed by atoms with Gasteiger partial charge in [-0.05, 0) is 29.3 Å². The third kappa shape index (κ3) is 3.31. The van der Waals surface area contributed by atoms with Crippen LogP contribution in [0.25, 0.3) is 5.57 Å². The quantitative estimate of drug-likeness (QED) is 0.673. The number of hydrogen-bond acceptors (Lipinski definition) is 3. The summed E-state index contributed by atoms with van der Waals surface area (Å²) >= 11 is 1.18. The standard InChI is InChI=1S/C19H15F3O2S/c1-11-14-8-3-4-9-15(14)16(18(23)24-2)17(11)25-13-7-5-6-12(10-13)19(20,21)22/h3-11H,1-2H3. The molecule has 1 unspecified atom stereocenters. The molecule has 0 saturated heterocycles.